The molecule has 0 nitrogen and oxygen atoms in total. The van der Waals surface area contributed by atoms with E-state index < -0.39 is 0 Å². The van der Waals surface area contributed by atoms with Crippen molar-refractivity contribution in [3.05, 3.63) is 46.0 Å². The maximum atomic E-state index is 3.27. The van der Waals surface area contributed by atoms with E-state index in [9.17, 15) is 0 Å². The summed E-state index contributed by atoms with van der Waals surface area (Å²) in [5.74, 6) is 0. The molecule has 0 atom stereocenters. The lowest BCUT2D eigenvalue weighted by molar-refractivity contribution is 1.31. The topological polar surface area (TPSA) is 0 Å². The van der Waals surface area contributed by atoms with E-state index in [0.29, 0.717) is 0 Å². The van der Waals surface area contributed by atoms with Crippen LogP contribution in [-0.4, -0.2) is 0 Å². The van der Waals surface area contributed by atoms with Crippen molar-refractivity contribution in [3.8, 4) is 0 Å². The van der Waals surface area contributed by atoms with Crippen molar-refractivity contribution in [2.45, 2.75) is 6.42 Å². The summed E-state index contributed by atoms with van der Waals surface area (Å²) in [7, 11) is 0. The molecule has 0 saturated heterocycles. The van der Waals surface area contributed by atoms with Crippen LogP contribution in [0.1, 0.15) is 16.7 Å². The van der Waals surface area contributed by atoms with Crippen LogP contribution < -0.4 is 0 Å². The number of hydrogen-bond donors (Lipinski definition) is 0. The summed E-state index contributed by atoms with van der Waals surface area (Å²) in [5.41, 5.74) is 4.04. The lowest BCUT2D eigenvalue weighted by Crippen LogP contribution is -1.81. The monoisotopic (exact) mass is 220 g/mol. The van der Waals surface area contributed by atoms with Gasteiger partial charge < -0.3 is 0 Å². The van der Waals surface area contributed by atoms with E-state index in [-0.39, 0.29) is 0 Å². The van der Waals surface area contributed by atoms with Gasteiger partial charge in [-0.2, -0.15) is 0 Å². The summed E-state index contributed by atoms with van der Waals surface area (Å²) in [6.45, 7) is 0. The molecule has 0 spiro atoms. The van der Waals surface area contributed by atoms with Gasteiger partial charge in [-0.3, -0.25) is 0 Å². The number of benzene rings is 1. The predicted molar refractivity (Wildman–Crippen MR) is 57.1 cm³/mol. The Hall–Kier alpha value is -0.820. The van der Waals surface area contributed by atoms with E-state index in [4.69, 9.17) is 0 Å². The van der Waals surface area contributed by atoms with Crippen LogP contribution >= 0.6 is 15.9 Å². The molecule has 1 aliphatic carbocycles. The van der Waals surface area contributed by atoms with Gasteiger partial charge in [-0.25, -0.2) is 0 Å². The van der Waals surface area contributed by atoms with Crippen LogP contribution in [0.5, 0.6) is 0 Å². The Kier molecular flexibility index (Phi) is 2.13. The molecule has 0 aromatic heterocycles. The first-order valence-corrected chi connectivity index (χ1v) is 4.88. The Morgan fingerprint density at radius 1 is 1.33 bits per heavy atom. The molecule has 1 aromatic rings. The Labute approximate surface area is 80.7 Å². The molecular weight excluding hydrogens is 212 g/mol. The second-order valence-electron chi connectivity index (χ2n) is 2.86. The SMILES string of the molecule is Br/C=C/c1ccc2c(c1)C=CC2. The molecule has 1 aromatic carbocycles. The van der Waals surface area contributed by atoms with Crippen LogP contribution in [0.2, 0.25) is 0 Å². The Morgan fingerprint density at radius 2 is 2.25 bits per heavy atom. The Balaban J connectivity index is 2.44. The van der Waals surface area contributed by atoms with Crippen molar-refractivity contribution in [2.24, 2.45) is 0 Å². The van der Waals surface area contributed by atoms with E-state index in [1.54, 1.807) is 0 Å². The molecule has 0 bridgehead atoms. The second-order valence-corrected chi connectivity index (χ2v) is 3.39. The first-order chi connectivity index (χ1) is 5.90. The number of fused-ring (bicyclic) bond motifs is 1. The third-order valence-electron chi connectivity index (χ3n) is 2.06. The lowest BCUT2D eigenvalue weighted by atomic mass is 10.1. The minimum atomic E-state index is 1.09. The van der Waals surface area contributed by atoms with E-state index in [1.807, 2.05) is 11.1 Å². The van der Waals surface area contributed by atoms with Gasteiger partial charge >= 0.3 is 0 Å². The summed E-state index contributed by atoms with van der Waals surface area (Å²) in [6.07, 6.45) is 7.52. The molecule has 0 aliphatic heterocycles. The standard InChI is InChI=1S/C11H9Br/c12-7-6-9-4-5-10-2-1-3-11(10)8-9/h1,3-8H,2H2/b7-6+. The summed E-state index contributed by atoms with van der Waals surface area (Å²) in [6, 6.07) is 6.54. The molecule has 0 N–H and O–H groups in total. The highest BCUT2D eigenvalue weighted by molar-refractivity contribution is 9.11. The van der Waals surface area contributed by atoms with Gasteiger partial charge in [0, 0.05) is 0 Å². The van der Waals surface area contributed by atoms with Gasteiger partial charge in [-0.1, -0.05) is 40.2 Å². The largest absolute Gasteiger partial charge is 0.0795 e. The number of hydrogen-bond acceptors (Lipinski definition) is 0. The fourth-order valence-corrected chi connectivity index (χ4v) is 1.75. The minimum absolute atomic E-state index is 1.09. The average molecular weight is 221 g/mol. The predicted octanol–water partition coefficient (Wildman–Crippen LogP) is 3.62. The first-order valence-electron chi connectivity index (χ1n) is 3.96. The van der Waals surface area contributed by atoms with E-state index in [0.717, 1.165) is 6.42 Å². The first kappa shape index (κ1) is 7.81. The van der Waals surface area contributed by atoms with E-state index >= 15 is 0 Å². The van der Waals surface area contributed by atoms with Crippen molar-refractivity contribution in [1.82, 2.24) is 0 Å². The maximum Gasteiger partial charge on any atom is -0.00882 e. The smallest absolute Gasteiger partial charge is 0.00882 e. The van der Waals surface area contributed by atoms with Gasteiger partial charge in [0.15, 0.2) is 0 Å². The van der Waals surface area contributed by atoms with Gasteiger partial charge in [0.25, 0.3) is 0 Å². The molecule has 0 saturated carbocycles. The number of rotatable bonds is 1. The molecule has 1 aliphatic rings. The Morgan fingerprint density at radius 3 is 3.08 bits per heavy atom. The van der Waals surface area contributed by atoms with Gasteiger partial charge in [-0.15, -0.1) is 0 Å². The zero-order valence-corrected chi connectivity index (χ0v) is 8.21. The molecule has 0 heterocycles. The van der Waals surface area contributed by atoms with Gasteiger partial charge in [0.05, 0.1) is 0 Å². The fraction of sp³-hybridized carbons (Fsp3) is 0.0909. The number of halogens is 1. The van der Waals surface area contributed by atoms with Gasteiger partial charge in [-0.05, 0) is 40.2 Å². The van der Waals surface area contributed by atoms with Crippen molar-refractivity contribution < 1.29 is 0 Å². The zero-order chi connectivity index (χ0) is 8.39. The number of allylic oxidation sites excluding steroid dienone is 1. The third-order valence-corrected chi connectivity index (χ3v) is 2.32. The van der Waals surface area contributed by atoms with Crippen molar-refractivity contribution >= 4 is 28.1 Å². The highest BCUT2D eigenvalue weighted by atomic mass is 79.9. The van der Waals surface area contributed by atoms with E-state index in [1.165, 1.54) is 16.7 Å². The molecule has 12 heavy (non-hydrogen) atoms. The molecule has 0 amide bonds. The van der Waals surface area contributed by atoms with Gasteiger partial charge in [0.1, 0.15) is 0 Å². The summed E-state index contributed by atoms with van der Waals surface area (Å²) >= 11 is 3.27. The van der Waals surface area contributed by atoms with E-state index in [2.05, 4.69) is 46.3 Å². The van der Waals surface area contributed by atoms with Crippen molar-refractivity contribution in [2.75, 3.05) is 0 Å². The summed E-state index contributed by atoms with van der Waals surface area (Å²) in [4.78, 5) is 1.88. The highest BCUT2D eigenvalue weighted by Gasteiger charge is 2.03. The van der Waals surface area contributed by atoms with Crippen LogP contribution in [-0.2, 0) is 6.42 Å². The molecule has 60 valence electrons. The average Bonchev–Trinajstić information content (AvgIpc) is 2.51. The minimum Gasteiger partial charge on any atom is -0.0795 e. The van der Waals surface area contributed by atoms with Crippen LogP contribution in [0.3, 0.4) is 0 Å². The Bertz CT molecular complexity index is 348. The molecular formula is C11H9Br. The molecule has 0 unspecified atom stereocenters. The van der Waals surface area contributed by atoms with Gasteiger partial charge in [0.2, 0.25) is 0 Å². The molecule has 0 fully saturated rings. The third kappa shape index (κ3) is 1.37. The van der Waals surface area contributed by atoms with Crippen LogP contribution in [0.4, 0.5) is 0 Å². The summed E-state index contributed by atoms with van der Waals surface area (Å²) in [5, 5.41) is 0. The fourth-order valence-electron chi connectivity index (χ4n) is 1.44. The highest BCUT2D eigenvalue weighted by Crippen LogP contribution is 2.21. The molecule has 2 rings (SSSR count). The quantitative estimate of drug-likeness (QED) is 0.679. The second kappa shape index (κ2) is 3.28. The summed E-state index contributed by atoms with van der Waals surface area (Å²) < 4.78 is 0. The lowest BCUT2D eigenvalue weighted by Gasteiger charge is -1.99. The van der Waals surface area contributed by atoms with Crippen LogP contribution in [0.25, 0.3) is 12.2 Å². The molecule has 0 radical (unpaired) electrons. The van der Waals surface area contributed by atoms with Crippen molar-refractivity contribution in [3.63, 3.8) is 0 Å². The molecule has 1 heteroatoms. The normalized spacial score (nSPS) is 14.1. The maximum absolute atomic E-state index is 3.27. The van der Waals surface area contributed by atoms with Crippen LogP contribution in [0, 0.1) is 0 Å². The van der Waals surface area contributed by atoms with Crippen LogP contribution in [0.15, 0.2) is 29.3 Å². The zero-order valence-electron chi connectivity index (χ0n) is 6.63. The van der Waals surface area contributed by atoms with Crippen molar-refractivity contribution in [1.29, 1.82) is 0 Å².